The summed E-state index contributed by atoms with van der Waals surface area (Å²) in [6.45, 7) is 3.76. The van der Waals surface area contributed by atoms with Gasteiger partial charge in [-0.1, -0.05) is 19.8 Å². The molecular weight excluding hydrogens is 188 g/mol. The van der Waals surface area contributed by atoms with Crippen LogP contribution in [0.1, 0.15) is 45.4 Å². The SMILES string of the molecule is CCC(CC#N)NCCOC1CCCC1. The molecule has 0 bridgehead atoms. The molecule has 1 aliphatic rings. The van der Waals surface area contributed by atoms with E-state index in [4.69, 9.17) is 10.00 Å². The molecule has 1 N–H and O–H groups in total. The molecule has 1 rings (SSSR count). The average molecular weight is 210 g/mol. The van der Waals surface area contributed by atoms with E-state index in [1.165, 1.54) is 25.7 Å². The molecule has 15 heavy (non-hydrogen) atoms. The average Bonchev–Trinajstić information content (AvgIpc) is 2.75. The fraction of sp³-hybridized carbons (Fsp3) is 0.917. The van der Waals surface area contributed by atoms with Crippen LogP contribution < -0.4 is 5.32 Å². The van der Waals surface area contributed by atoms with Crippen molar-refractivity contribution in [2.45, 2.75) is 57.6 Å². The van der Waals surface area contributed by atoms with Crippen molar-refractivity contribution in [3.63, 3.8) is 0 Å². The smallest absolute Gasteiger partial charge is 0.0638 e. The zero-order chi connectivity index (χ0) is 10.9. The first-order valence-corrected chi connectivity index (χ1v) is 6.08. The Balaban J connectivity index is 1.97. The zero-order valence-electron chi connectivity index (χ0n) is 9.67. The van der Waals surface area contributed by atoms with Gasteiger partial charge in [0, 0.05) is 12.6 Å². The Morgan fingerprint density at radius 1 is 1.47 bits per heavy atom. The number of rotatable bonds is 7. The summed E-state index contributed by atoms with van der Waals surface area (Å²) in [5.74, 6) is 0. The minimum atomic E-state index is 0.335. The predicted molar refractivity (Wildman–Crippen MR) is 60.5 cm³/mol. The third-order valence-corrected chi connectivity index (χ3v) is 3.02. The number of hydrogen-bond acceptors (Lipinski definition) is 3. The van der Waals surface area contributed by atoms with Crippen molar-refractivity contribution >= 4 is 0 Å². The van der Waals surface area contributed by atoms with Gasteiger partial charge in [0.2, 0.25) is 0 Å². The minimum absolute atomic E-state index is 0.335. The second-order valence-electron chi connectivity index (χ2n) is 4.20. The van der Waals surface area contributed by atoms with Crippen LogP contribution in [0.15, 0.2) is 0 Å². The first kappa shape index (κ1) is 12.5. The van der Waals surface area contributed by atoms with Crippen molar-refractivity contribution < 1.29 is 4.74 Å². The van der Waals surface area contributed by atoms with Crippen LogP contribution in [0.5, 0.6) is 0 Å². The molecule has 0 amide bonds. The molecule has 0 aliphatic heterocycles. The molecule has 0 aromatic heterocycles. The van der Waals surface area contributed by atoms with E-state index < -0.39 is 0 Å². The number of ether oxygens (including phenoxy) is 1. The van der Waals surface area contributed by atoms with Crippen LogP contribution in [0, 0.1) is 11.3 Å². The summed E-state index contributed by atoms with van der Waals surface area (Å²) in [7, 11) is 0. The summed E-state index contributed by atoms with van der Waals surface area (Å²) in [4.78, 5) is 0. The van der Waals surface area contributed by atoms with E-state index in [2.05, 4.69) is 18.3 Å². The van der Waals surface area contributed by atoms with Crippen molar-refractivity contribution in [2.75, 3.05) is 13.2 Å². The molecule has 0 aromatic rings. The lowest BCUT2D eigenvalue weighted by Crippen LogP contribution is -2.31. The lowest BCUT2D eigenvalue weighted by Gasteiger charge is -2.15. The molecule has 1 aliphatic carbocycles. The molecule has 1 saturated carbocycles. The van der Waals surface area contributed by atoms with Gasteiger partial charge in [-0.3, -0.25) is 0 Å². The molecule has 1 unspecified atom stereocenters. The van der Waals surface area contributed by atoms with Gasteiger partial charge in [-0.05, 0) is 19.3 Å². The maximum absolute atomic E-state index is 8.58. The van der Waals surface area contributed by atoms with Gasteiger partial charge in [-0.15, -0.1) is 0 Å². The fourth-order valence-corrected chi connectivity index (χ4v) is 2.01. The Morgan fingerprint density at radius 2 is 2.20 bits per heavy atom. The largest absolute Gasteiger partial charge is 0.377 e. The number of nitrogens with one attached hydrogen (secondary N) is 1. The normalized spacial score (nSPS) is 18.9. The van der Waals surface area contributed by atoms with Crippen molar-refractivity contribution in [2.24, 2.45) is 0 Å². The molecule has 3 nitrogen and oxygen atoms in total. The van der Waals surface area contributed by atoms with Crippen LogP contribution in [0.4, 0.5) is 0 Å². The lowest BCUT2D eigenvalue weighted by atomic mass is 10.2. The van der Waals surface area contributed by atoms with Crippen molar-refractivity contribution in [3.8, 4) is 6.07 Å². The van der Waals surface area contributed by atoms with Gasteiger partial charge in [-0.25, -0.2) is 0 Å². The molecule has 0 spiro atoms. The van der Waals surface area contributed by atoms with Gasteiger partial charge in [0.15, 0.2) is 0 Å². The van der Waals surface area contributed by atoms with E-state index in [1.54, 1.807) is 0 Å². The highest BCUT2D eigenvalue weighted by molar-refractivity contribution is 4.79. The fourth-order valence-electron chi connectivity index (χ4n) is 2.01. The van der Waals surface area contributed by atoms with Crippen LogP contribution in [0.3, 0.4) is 0 Å². The summed E-state index contributed by atoms with van der Waals surface area (Å²) in [6, 6.07) is 2.53. The van der Waals surface area contributed by atoms with E-state index in [-0.39, 0.29) is 0 Å². The van der Waals surface area contributed by atoms with E-state index >= 15 is 0 Å². The van der Waals surface area contributed by atoms with Gasteiger partial charge in [0.25, 0.3) is 0 Å². The highest BCUT2D eigenvalue weighted by Gasteiger charge is 2.14. The number of nitrogens with zero attached hydrogens (tertiary/aromatic N) is 1. The second-order valence-corrected chi connectivity index (χ2v) is 4.20. The molecule has 0 saturated heterocycles. The molecule has 3 heteroatoms. The standard InChI is InChI=1S/C12H22N2O/c1-2-11(7-8-13)14-9-10-15-12-5-3-4-6-12/h11-12,14H,2-7,9-10H2,1H3. The van der Waals surface area contributed by atoms with Gasteiger partial charge in [-0.2, -0.15) is 5.26 Å². The Labute approximate surface area is 92.8 Å². The first-order valence-electron chi connectivity index (χ1n) is 6.08. The van der Waals surface area contributed by atoms with Crippen molar-refractivity contribution in [1.82, 2.24) is 5.32 Å². The molecule has 1 fully saturated rings. The molecule has 0 heterocycles. The molecule has 1 atom stereocenters. The Kier molecular flexibility index (Phi) is 6.38. The van der Waals surface area contributed by atoms with E-state index in [9.17, 15) is 0 Å². The van der Waals surface area contributed by atoms with Crippen molar-refractivity contribution in [3.05, 3.63) is 0 Å². The summed E-state index contributed by atoms with van der Waals surface area (Å²) < 4.78 is 5.73. The maximum atomic E-state index is 8.58. The predicted octanol–water partition coefficient (Wildman–Crippen LogP) is 2.23. The van der Waals surface area contributed by atoms with Crippen LogP contribution in [0.2, 0.25) is 0 Å². The third-order valence-electron chi connectivity index (χ3n) is 3.02. The van der Waals surface area contributed by atoms with E-state index in [1.807, 2.05) is 0 Å². The van der Waals surface area contributed by atoms with Gasteiger partial charge < -0.3 is 10.1 Å². The summed E-state index contributed by atoms with van der Waals surface area (Å²) in [5, 5.41) is 11.9. The molecule has 0 aromatic carbocycles. The second kappa shape index (κ2) is 7.67. The van der Waals surface area contributed by atoms with Gasteiger partial charge >= 0.3 is 0 Å². The Bertz CT molecular complexity index is 194. The summed E-state index contributed by atoms with van der Waals surface area (Å²) >= 11 is 0. The third kappa shape index (κ3) is 5.15. The van der Waals surface area contributed by atoms with Crippen molar-refractivity contribution in [1.29, 1.82) is 5.26 Å². The Hall–Kier alpha value is -0.590. The van der Waals surface area contributed by atoms with Gasteiger partial charge in [0.1, 0.15) is 0 Å². The minimum Gasteiger partial charge on any atom is -0.377 e. The number of hydrogen-bond donors (Lipinski definition) is 1. The van der Waals surface area contributed by atoms with E-state index in [0.29, 0.717) is 18.6 Å². The summed E-state index contributed by atoms with van der Waals surface area (Å²) in [6.07, 6.45) is 7.22. The summed E-state index contributed by atoms with van der Waals surface area (Å²) in [5.41, 5.74) is 0. The highest BCUT2D eigenvalue weighted by Crippen LogP contribution is 2.20. The van der Waals surface area contributed by atoms with Gasteiger partial charge in [0.05, 0.1) is 25.2 Å². The first-order chi connectivity index (χ1) is 7.36. The zero-order valence-corrected chi connectivity index (χ0v) is 9.67. The lowest BCUT2D eigenvalue weighted by molar-refractivity contribution is 0.0591. The molecule has 86 valence electrons. The molecule has 0 radical (unpaired) electrons. The van der Waals surface area contributed by atoms with Crippen LogP contribution in [-0.4, -0.2) is 25.3 Å². The monoisotopic (exact) mass is 210 g/mol. The number of nitriles is 1. The Morgan fingerprint density at radius 3 is 2.80 bits per heavy atom. The quantitative estimate of drug-likeness (QED) is 0.655. The maximum Gasteiger partial charge on any atom is 0.0638 e. The molecular formula is C12H22N2O. The van der Waals surface area contributed by atoms with Crippen LogP contribution in [0.25, 0.3) is 0 Å². The highest BCUT2D eigenvalue weighted by atomic mass is 16.5. The topological polar surface area (TPSA) is 45.0 Å². The van der Waals surface area contributed by atoms with Crippen LogP contribution >= 0.6 is 0 Å². The van der Waals surface area contributed by atoms with Crippen LogP contribution in [-0.2, 0) is 4.74 Å². The van der Waals surface area contributed by atoms with E-state index in [0.717, 1.165) is 19.6 Å².